The quantitative estimate of drug-likeness (QED) is 0.885. The van der Waals surface area contributed by atoms with Crippen molar-refractivity contribution in [3.05, 3.63) is 23.4 Å². The number of aryl methyl sites for hydroxylation is 1. The highest BCUT2D eigenvalue weighted by Crippen LogP contribution is 2.25. The van der Waals surface area contributed by atoms with Crippen LogP contribution in [0.15, 0.2) is 12.1 Å². The monoisotopic (exact) mass is 278 g/mol. The van der Waals surface area contributed by atoms with E-state index in [9.17, 15) is 15.0 Å². The van der Waals surface area contributed by atoms with E-state index in [1.165, 1.54) is 0 Å². The summed E-state index contributed by atoms with van der Waals surface area (Å²) in [5, 5.41) is 19.3. The highest BCUT2D eigenvalue weighted by molar-refractivity contribution is 5.88. The summed E-state index contributed by atoms with van der Waals surface area (Å²) in [5.74, 6) is -0.218. The number of carboxylic acids is 1. The molecule has 0 bridgehead atoms. The molecule has 2 heterocycles. The Morgan fingerprint density at radius 2 is 2.15 bits per heavy atom. The highest BCUT2D eigenvalue weighted by Gasteiger charge is 2.25. The van der Waals surface area contributed by atoms with Crippen molar-refractivity contribution in [3.8, 4) is 0 Å². The van der Waals surface area contributed by atoms with Gasteiger partial charge in [0.1, 0.15) is 5.82 Å². The largest absolute Gasteiger partial charge is 0.478 e. The Balaban J connectivity index is 2.27. The summed E-state index contributed by atoms with van der Waals surface area (Å²) in [5.41, 5.74) is 0.436. The first-order valence-electron chi connectivity index (χ1n) is 7.13. The summed E-state index contributed by atoms with van der Waals surface area (Å²) in [7, 11) is 0. The molecule has 1 aliphatic rings. The lowest BCUT2D eigenvalue weighted by molar-refractivity contribution is 0.0481. The summed E-state index contributed by atoms with van der Waals surface area (Å²) in [4.78, 5) is 17.8. The van der Waals surface area contributed by atoms with Gasteiger partial charge < -0.3 is 15.1 Å². The third-order valence-electron chi connectivity index (χ3n) is 3.86. The van der Waals surface area contributed by atoms with Crippen LogP contribution in [0.1, 0.15) is 49.2 Å². The van der Waals surface area contributed by atoms with Crippen molar-refractivity contribution in [1.29, 1.82) is 0 Å². The molecular weight excluding hydrogens is 256 g/mol. The predicted octanol–water partition coefficient (Wildman–Crippen LogP) is 2.08. The van der Waals surface area contributed by atoms with Crippen molar-refractivity contribution in [1.82, 2.24) is 4.98 Å². The van der Waals surface area contributed by atoms with Crippen molar-refractivity contribution >= 4 is 11.8 Å². The number of aliphatic hydroxyl groups is 1. The van der Waals surface area contributed by atoms with Crippen LogP contribution in [0, 0.1) is 0 Å². The Labute approximate surface area is 119 Å². The topological polar surface area (TPSA) is 73.7 Å². The summed E-state index contributed by atoms with van der Waals surface area (Å²) in [6, 6.07) is 3.25. The molecule has 1 fully saturated rings. The van der Waals surface area contributed by atoms with Gasteiger partial charge in [0.2, 0.25) is 0 Å². The number of nitrogens with zero attached hydrogens (tertiary/aromatic N) is 2. The van der Waals surface area contributed by atoms with Gasteiger partial charge >= 0.3 is 5.97 Å². The van der Waals surface area contributed by atoms with Gasteiger partial charge in [-0.1, -0.05) is 6.92 Å². The van der Waals surface area contributed by atoms with Crippen LogP contribution < -0.4 is 4.90 Å². The molecule has 1 aromatic rings. The van der Waals surface area contributed by atoms with Crippen molar-refractivity contribution in [2.75, 3.05) is 18.0 Å². The maximum Gasteiger partial charge on any atom is 0.335 e. The van der Waals surface area contributed by atoms with Crippen LogP contribution in [-0.4, -0.2) is 39.9 Å². The maximum atomic E-state index is 11.2. The average Bonchev–Trinajstić information content (AvgIpc) is 2.59. The molecule has 110 valence electrons. The zero-order valence-corrected chi connectivity index (χ0v) is 12.1. The molecule has 0 saturated carbocycles. The molecule has 0 spiro atoms. The lowest BCUT2D eigenvalue weighted by Crippen LogP contribution is -2.29. The Morgan fingerprint density at radius 3 is 2.80 bits per heavy atom. The number of carboxylic acid groups (broad SMARTS) is 1. The fourth-order valence-corrected chi connectivity index (χ4v) is 2.53. The fourth-order valence-electron chi connectivity index (χ4n) is 2.53. The first kappa shape index (κ1) is 14.8. The highest BCUT2D eigenvalue weighted by atomic mass is 16.4. The number of aromatic nitrogens is 1. The van der Waals surface area contributed by atoms with Gasteiger partial charge in [0.05, 0.1) is 11.2 Å². The lowest BCUT2D eigenvalue weighted by atomic mass is 9.98. The van der Waals surface area contributed by atoms with E-state index in [4.69, 9.17) is 0 Å². The lowest BCUT2D eigenvalue weighted by Gasteiger charge is -2.24. The fraction of sp³-hybridized carbons (Fsp3) is 0.600. The Bertz CT molecular complexity index is 500. The Kier molecular flexibility index (Phi) is 4.28. The third-order valence-corrected chi connectivity index (χ3v) is 3.86. The predicted molar refractivity (Wildman–Crippen MR) is 77.3 cm³/mol. The van der Waals surface area contributed by atoms with E-state index in [-0.39, 0.29) is 5.56 Å². The second-order valence-electron chi connectivity index (χ2n) is 5.70. The summed E-state index contributed by atoms with van der Waals surface area (Å²) in [6.07, 6.45) is 3.03. The maximum absolute atomic E-state index is 11.2. The summed E-state index contributed by atoms with van der Waals surface area (Å²) < 4.78 is 0. The molecule has 2 rings (SSSR count). The molecule has 1 aromatic heterocycles. The molecule has 5 heteroatoms. The number of anilines is 1. The van der Waals surface area contributed by atoms with Crippen molar-refractivity contribution in [2.24, 2.45) is 0 Å². The molecule has 0 radical (unpaired) electrons. The molecule has 1 saturated heterocycles. The van der Waals surface area contributed by atoms with Crippen LogP contribution in [0.2, 0.25) is 0 Å². The minimum Gasteiger partial charge on any atom is -0.478 e. The third kappa shape index (κ3) is 3.48. The van der Waals surface area contributed by atoms with Crippen LogP contribution in [0.25, 0.3) is 0 Å². The minimum absolute atomic E-state index is 0.280. The second kappa shape index (κ2) is 5.79. The van der Waals surface area contributed by atoms with E-state index in [0.717, 1.165) is 25.1 Å². The molecule has 0 aliphatic carbocycles. The Morgan fingerprint density at radius 1 is 1.40 bits per heavy atom. The smallest absolute Gasteiger partial charge is 0.335 e. The zero-order valence-electron chi connectivity index (χ0n) is 12.1. The molecule has 2 N–H and O–H groups in total. The number of pyridine rings is 1. The number of rotatable bonds is 3. The zero-order chi connectivity index (χ0) is 14.8. The molecule has 1 atom stereocenters. The van der Waals surface area contributed by atoms with Gasteiger partial charge in [0.25, 0.3) is 0 Å². The second-order valence-corrected chi connectivity index (χ2v) is 5.70. The van der Waals surface area contributed by atoms with E-state index in [2.05, 4.69) is 9.88 Å². The number of hydrogen-bond acceptors (Lipinski definition) is 4. The van der Waals surface area contributed by atoms with Gasteiger partial charge in [-0.3, -0.25) is 0 Å². The SMILES string of the molecule is CCc1cc(C(=O)O)cc(N2CCCC(C)(O)CC2)n1. The minimum atomic E-state index is -0.926. The van der Waals surface area contributed by atoms with Gasteiger partial charge in [-0.15, -0.1) is 0 Å². The van der Waals surface area contributed by atoms with Crippen molar-refractivity contribution in [3.63, 3.8) is 0 Å². The van der Waals surface area contributed by atoms with Gasteiger partial charge in [-0.25, -0.2) is 9.78 Å². The van der Waals surface area contributed by atoms with Crippen LogP contribution in [-0.2, 0) is 6.42 Å². The first-order valence-corrected chi connectivity index (χ1v) is 7.13. The standard InChI is InChI=1S/C15H22N2O3/c1-3-12-9-11(14(18)19)10-13(16-12)17-7-4-5-15(2,20)6-8-17/h9-10,20H,3-8H2,1-2H3,(H,18,19). The molecule has 0 amide bonds. The molecule has 1 aliphatic heterocycles. The van der Waals surface area contributed by atoms with Crippen molar-refractivity contribution in [2.45, 2.75) is 45.1 Å². The summed E-state index contributed by atoms with van der Waals surface area (Å²) >= 11 is 0. The van der Waals surface area contributed by atoms with E-state index < -0.39 is 11.6 Å². The van der Waals surface area contributed by atoms with Gasteiger partial charge in [-0.2, -0.15) is 0 Å². The van der Waals surface area contributed by atoms with E-state index >= 15 is 0 Å². The average molecular weight is 278 g/mol. The molecule has 0 aromatic carbocycles. The van der Waals surface area contributed by atoms with Gasteiger partial charge in [0, 0.05) is 18.8 Å². The Hall–Kier alpha value is -1.62. The van der Waals surface area contributed by atoms with Crippen LogP contribution >= 0.6 is 0 Å². The first-order chi connectivity index (χ1) is 9.41. The molecule has 5 nitrogen and oxygen atoms in total. The van der Waals surface area contributed by atoms with E-state index in [0.29, 0.717) is 25.2 Å². The van der Waals surface area contributed by atoms with Crippen molar-refractivity contribution < 1.29 is 15.0 Å². The molecule has 1 unspecified atom stereocenters. The van der Waals surface area contributed by atoms with Gasteiger partial charge in [-0.05, 0) is 44.7 Å². The molecular formula is C15H22N2O3. The number of hydrogen-bond donors (Lipinski definition) is 2. The molecule has 20 heavy (non-hydrogen) atoms. The van der Waals surface area contributed by atoms with Crippen LogP contribution in [0.5, 0.6) is 0 Å². The number of carbonyl (C=O) groups is 1. The van der Waals surface area contributed by atoms with Crippen LogP contribution in [0.3, 0.4) is 0 Å². The summed E-state index contributed by atoms with van der Waals surface area (Å²) in [6.45, 7) is 5.32. The van der Waals surface area contributed by atoms with E-state index in [1.807, 2.05) is 13.8 Å². The van der Waals surface area contributed by atoms with Gasteiger partial charge in [0.15, 0.2) is 0 Å². The van der Waals surface area contributed by atoms with E-state index in [1.54, 1.807) is 12.1 Å². The normalized spacial score (nSPS) is 23.4. The van der Waals surface area contributed by atoms with Crippen LogP contribution in [0.4, 0.5) is 5.82 Å². The number of aromatic carboxylic acids is 1.